The third-order valence-electron chi connectivity index (χ3n) is 10.5. The Kier molecular flexibility index (Phi) is 9.54. The largest absolute Gasteiger partial charge is 0.392 e. The Bertz CT molecular complexity index is 948. The van der Waals surface area contributed by atoms with Crippen LogP contribution in [0.25, 0.3) is 0 Å². The number of ether oxygens (including phenoxy) is 3. The minimum atomic E-state index is -2.61. The molecule has 0 aromatic heterocycles. The number of piperidine rings is 1. The number of hydrogen-bond donors (Lipinski definition) is 8. The zero-order valence-electron chi connectivity index (χ0n) is 23.5. The Balaban J connectivity index is 1.31. The standard InChI is InChI=1S/C28H46N2O11/c1-39-14-8-16-21(18(9-14)40-27-25(36)24(35)26(37)28(38,11-31)41-27)23(34)20-15(22(16)33)6-13(7-17(20)32)3-2-12-4-5-19(29)30-10-12/h12-21,24-27,30-32,35-38H,2-11,29H2,1H3/p+1. The van der Waals surface area contributed by atoms with Crippen molar-refractivity contribution in [2.24, 2.45) is 41.2 Å². The second kappa shape index (κ2) is 12.5. The molecule has 5 fully saturated rings. The van der Waals surface area contributed by atoms with Crippen LogP contribution >= 0.6 is 0 Å². The van der Waals surface area contributed by atoms with E-state index in [1.54, 1.807) is 0 Å². The van der Waals surface area contributed by atoms with Gasteiger partial charge in [0.05, 0.1) is 43.3 Å². The lowest BCUT2D eigenvalue weighted by atomic mass is 9.55. The summed E-state index contributed by atoms with van der Waals surface area (Å²) in [5.74, 6) is -5.39. The first-order valence-electron chi connectivity index (χ1n) is 15.0. The molecule has 3 saturated carbocycles. The molecule has 13 heteroatoms. The van der Waals surface area contributed by atoms with Gasteiger partial charge in [0.2, 0.25) is 5.79 Å². The molecule has 15 atom stereocenters. The third-order valence-corrected chi connectivity index (χ3v) is 10.5. The van der Waals surface area contributed by atoms with Crippen molar-refractivity contribution in [1.82, 2.24) is 0 Å². The van der Waals surface area contributed by atoms with Gasteiger partial charge in [0, 0.05) is 37.7 Å². The Morgan fingerprint density at radius 3 is 2.32 bits per heavy atom. The highest BCUT2D eigenvalue weighted by atomic mass is 16.8. The van der Waals surface area contributed by atoms with Crippen LogP contribution < -0.4 is 11.1 Å². The fourth-order valence-electron chi connectivity index (χ4n) is 8.10. The molecule has 0 aromatic rings. The van der Waals surface area contributed by atoms with Crippen molar-refractivity contribution in [3.8, 4) is 0 Å². The molecule has 5 aliphatic rings. The van der Waals surface area contributed by atoms with E-state index in [0.29, 0.717) is 25.2 Å². The summed E-state index contributed by atoms with van der Waals surface area (Å²) < 4.78 is 16.8. The van der Waals surface area contributed by atoms with E-state index in [2.05, 4.69) is 5.32 Å². The SMILES string of the molecule is COC1CC(OC2OC(O)(CO)C(O)C(O)C2O)C2C(=O)C3C(O)CC(CCC4CCC(N)[NH2+]C4)CC3C(=O)C2C1. The Morgan fingerprint density at radius 1 is 0.951 bits per heavy atom. The van der Waals surface area contributed by atoms with Gasteiger partial charge >= 0.3 is 0 Å². The summed E-state index contributed by atoms with van der Waals surface area (Å²) in [6.07, 6.45) is -4.28. The lowest BCUT2D eigenvalue weighted by Crippen LogP contribution is -2.95. The van der Waals surface area contributed by atoms with Crippen LogP contribution in [0.2, 0.25) is 0 Å². The maximum absolute atomic E-state index is 14.0. The third kappa shape index (κ3) is 6.01. The molecule has 15 unspecified atom stereocenters. The molecular formula is C28H47N2O11+. The molecule has 10 N–H and O–H groups in total. The van der Waals surface area contributed by atoms with E-state index in [1.165, 1.54) is 7.11 Å². The zero-order valence-corrected chi connectivity index (χ0v) is 23.5. The van der Waals surface area contributed by atoms with Crippen molar-refractivity contribution in [2.45, 2.75) is 106 Å². The summed E-state index contributed by atoms with van der Waals surface area (Å²) in [6.45, 7) is -0.106. The number of ketones is 2. The van der Waals surface area contributed by atoms with Gasteiger partial charge in [0.25, 0.3) is 0 Å². The molecule has 2 heterocycles. The number of methoxy groups -OCH3 is 1. The maximum atomic E-state index is 14.0. The van der Waals surface area contributed by atoms with Gasteiger partial charge in [-0.3, -0.25) is 15.3 Å². The number of carbonyl (C=O) groups excluding carboxylic acids is 2. The van der Waals surface area contributed by atoms with Crippen LogP contribution in [-0.2, 0) is 23.8 Å². The van der Waals surface area contributed by atoms with Crippen molar-refractivity contribution in [3.05, 3.63) is 0 Å². The van der Waals surface area contributed by atoms with Gasteiger partial charge in [-0.15, -0.1) is 0 Å². The number of Topliss-reactive ketones (excluding diaryl/α,β-unsaturated/α-hetero) is 2. The molecule has 0 radical (unpaired) electrons. The van der Waals surface area contributed by atoms with Crippen LogP contribution in [0.4, 0.5) is 0 Å². The first-order chi connectivity index (χ1) is 19.5. The molecule has 3 aliphatic carbocycles. The van der Waals surface area contributed by atoms with Crippen molar-refractivity contribution in [2.75, 3.05) is 20.3 Å². The Hall–Kier alpha value is -1.10. The maximum Gasteiger partial charge on any atom is 0.221 e. The normalized spacial score (nSPS) is 50.7. The van der Waals surface area contributed by atoms with Crippen LogP contribution in [0.1, 0.15) is 51.4 Å². The molecule has 0 bridgehead atoms. The summed E-state index contributed by atoms with van der Waals surface area (Å²) in [6, 6.07) is 0. The minimum absolute atomic E-state index is 0.0943. The first kappa shape index (κ1) is 31.3. The summed E-state index contributed by atoms with van der Waals surface area (Å²) in [5, 5.41) is 64.3. The monoisotopic (exact) mass is 587 g/mol. The van der Waals surface area contributed by atoms with E-state index in [1.807, 2.05) is 0 Å². The molecule has 41 heavy (non-hydrogen) atoms. The molecule has 13 nitrogen and oxygen atoms in total. The lowest BCUT2D eigenvalue weighted by molar-refractivity contribution is -0.702. The van der Waals surface area contributed by atoms with E-state index in [-0.39, 0.29) is 30.1 Å². The fraction of sp³-hybridized carbons (Fsp3) is 0.929. The molecule has 2 saturated heterocycles. The van der Waals surface area contributed by atoms with Gasteiger partial charge < -0.3 is 50.2 Å². The molecule has 0 amide bonds. The Morgan fingerprint density at radius 2 is 1.66 bits per heavy atom. The summed E-state index contributed by atoms with van der Waals surface area (Å²) in [4.78, 5) is 28.0. The summed E-state index contributed by atoms with van der Waals surface area (Å²) in [7, 11) is 1.49. The van der Waals surface area contributed by atoms with Crippen LogP contribution in [0.3, 0.4) is 0 Å². The molecule has 0 spiro atoms. The number of carbonyl (C=O) groups is 2. The number of quaternary nitrogens is 1. The first-order valence-corrected chi connectivity index (χ1v) is 15.0. The molecule has 2 aliphatic heterocycles. The van der Waals surface area contributed by atoms with Gasteiger partial charge in [-0.25, -0.2) is 0 Å². The van der Waals surface area contributed by atoms with Crippen molar-refractivity contribution in [3.63, 3.8) is 0 Å². The fourth-order valence-corrected chi connectivity index (χ4v) is 8.10. The lowest BCUT2D eigenvalue weighted by Gasteiger charge is -2.51. The average molecular weight is 588 g/mol. The number of aliphatic hydroxyl groups excluding tert-OH is 5. The summed E-state index contributed by atoms with van der Waals surface area (Å²) >= 11 is 0. The predicted molar refractivity (Wildman–Crippen MR) is 139 cm³/mol. The zero-order chi connectivity index (χ0) is 29.6. The second-order valence-corrected chi connectivity index (χ2v) is 13.0. The quantitative estimate of drug-likeness (QED) is 0.147. The molecular weight excluding hydrogens is 540 g/mol. The van der Waals surface area contributed by atoms with Gasteiger partial charge in [0.1, 0.15) is 36.0 Å². The summed E-state index contributed by atoms with van der Waals surface area (Å²) in [5.41, 5.74) is 5.99. The van der Waals surface area contributed by atoms with Crippen LogP contribution in [-0.4, -0.2) is 117 Å². The molecule has 5 rings (SSSR count). The van der Waals surface area contributed by atoms with Crippen molar-refractivity contribution >= 4 is 11.6 Å². The number of nitrogens with two attached hydrogens (primary N) is 2. The topological polar surface area (TPSA) is 226 Å². The van der Waals surface area contributed by atoms with Gasteiger partial charge in [-0.1, -0.05) is 0 Å². The minimum Gasteiger partial charge on any atom is -0.392 e. The number of rotatable bonds is 7. The van der Waals surface area contributed by atoms with Crippen LogP contribution in [0, 0.1) is 35.5 Å². The number of fused-ring (bicyclic) bond motifs is 2. The van der Waals surface area contributed by atoms with E-state index in [0.717, 1.165) is 32.2 Å². The second-order valence-electron chi connectivity index (χ2n) is 13.0. The van der Waals surface area contributed by atoms with E-state index >= 15 is 0 Å². The highest BCUT2D eigenvalue weighted by Crippen LogP contribution is 2.50. The van der Waals surface area contributed by atoms with E-state index in [4.69, 9.17) is 19.9 Å². The van der Waals surface area contributed by atoms with Gasteiger partial charge in [-0.2, -0.15) is 0 Å². The van der Waals surface area contributed by atoms with Gasteiger partial charge in [-0.05, 0) is 44.4 Å². The van der Waals surface area contributed by atoms with Crippen molar-refractivity contribution < 1.29 is 59.8 Å². The Labute approximate surface area is 239 Å². The highest BCUT2D eigenvalue weighted by molar-refractivity contribution is 6.00. The molecule has 0 aromatic carbocycles. The van der Waals surface area contributed by atoms with E-state index < -0.39 is 79.0 Å². The van der Waals surface area contributed by atoms with Crippen LogP contribution in [0.15, 0.2) is 0 Å². The van der Waals surface area contributed by atoms with E-state index in [9.17, 15) is 40.2 Å². The average Bonchev–Trinajstić information content (AvgIpc) is 2.96. The number of hydrogen-bond acceptors (Lipinski definition) is 12. The van der Waals surface area contributed by atoms with Crippen LogP contribution in [0.5, 0.6) is 0 Å². The number of aliphatic hydroxyl groups is 6. The smallest absolute Gasteiger partial charge is 0.221 e. The highest BCUT2D eigenvalue weighted by Gasteiger charge is 2.60. The molecule has 234 valence electrons. The van der Waals surface area contributed by atoms with Gasteiger partial charge in [0.15, 0.2) is 6.29 Å². The van der Waals surface area contributed by atoms with Crippen molar-refractivity contribution in [1.29, 1.82) is 0 Å². The predicted octanol–water partition coefficient (Wildman–Crippen LogP) is -3.27.